The van der Waals surface area contributed by atoms with E-state index in [4.69, 9.17) is 10.8 Å². The topological polar surface area (TPSA) is 78.2 Å². The third kappa shape index (κ3) is 2.75. The van der Waals surface area contributed by atoms with Crippen molar-refractivity contribution in [1.82, 2.24) is 14.9 Å². The van der Waals surface area contributed by atoms with Gasteiger partial charge in [-0.05, 0) is 24.7 Å². The summed E-state index contributed by atoms with van der Waals surface area (Å²) < 4.78 is 0. The Morgan fingerprint density at radius 3 is 3.00 bits per heavy atom. The quantitative estimate of drug-likeness (QED) is 0.673. The Morgan fingerprint density at radius 1 is 1.47 bits per heavy atom. The average Bonchev–Trinajstić information content (AvgIpc) is 2.69. The molecule has 4 N–H and O–H groups in total. The van der Waals surface area contributed by atoms with Crippen molar-refractivity contribution in [3.63, 3.8) is 0 Å². The van der Waals surface area contributed by atoms with Gasteiger partial charge in [-0.15, -0.1) is 0 Å². The van der Waals surface area contributed by atoms with E-state index in [-0.39, 0.29) is 6.61 Å². The van der Waals surface area contributed by atoms with Crippen LogP contribution in [0.4, 0.5) is 5.69 Å². The average molecular weight is 234 g/mol. The van der Waals surface area contributed by atoms with Crippen LogP contribution in [-0.4, -0.2) is 39.7 Å². The molecule has 0 saturated heterocycles. The molecule has 0 bridgehead atoms. The fourth-order valence-electron chi connectivity index (χ4n) is 1.86. The fraction of sp³-hybridized carbons (Fsp3) is 0.417. The molecule has 0 aliphatic carbocycles. The molecule has 0 aliphatic rings. The van der Waals surface area contributed by atoms with Crippen LogP contribution >= 0.6 is 0 Å². The second kappa shape index (κ2) is 5.16. The van der Waals surface area contributed by atoms with Gasteiger partial charge < -0.3 is 15.8 Å². The predicted molar refractivity (Wildman–Crippen MR) is 68.5 cm³/mol. The van der Waals surface area contributed by atoms with E-state index in [1.165, 1.54) is 0 Å². The number of benzene rings is 1. The molecule has 1 aromatic carbocycles. The van der Waals surface area contributed by atoms with Crippen molar-refractivity contribution < 1.29 is 5.11 Å². The summed E-state index contributed by atoms with van der Waals surface area (Å²) in [5, 5.41) is 8.93. The normalized spacial score (nSPS) is 11.5. The Kier molecular flexibility index (Phi) is 3.61. The lowest BCUT2D eigenvalue weighted by molar-refractivity contribution is 0.194. The molecule has 92 valence electrons. The van der Waals surface area contributed by atoms with Gasteiger partial charge in [0.15, 0.2) is 0 Å². The zero-order valence-corrected chi connectivity index (χ0v) is 9.98. The number of imidazole rings is 1. The minimum Gasteiger partial charge on any atom is -0.399 e. The van der Waals surface area contributed by atoms with Crippen LogP contribution in [0.2, 0.25) is 0 Å². The number of likely N-dealkylation sites (N-methyl/N-ethyl adjacent to an activating group) is 1. The summed E-state index contributed by atoms with van der Waals surface area (Å²) in [5.41, 5.74) is 8.33. The standard InChI is InChI=1S/C12H18N4O/c1-2-16(5-6-17)8-12-14-10-4-3-9(13)7-11(10)15-12/h3-4,7,17H,2,5-6,8,13H2,1H3,(H,14,15). The summed E-state index contributed by atoms with van der Waals surface area (Å²) in [5.74, 6) is 0.904. The highest BCUT2D eigenvalue weighted by Gasteiger charge is 2.07. The van der Waals surface area contributed by atoms with E-state index >= 15 is 0 Å². The number of aromatic amines is 1. The van der Waals surface area contributed by atoms with Gasteiger partial charge in [0.2, 0.25) is 0 Å². The number of nitrogens with one attached hydrogen (secondary N) is 1. The van der Waals surface area contributed by atoms with Gasteiger partial charge in [0.1, 0.15) is 5.82 Å². The number of aliphatic hydroxyl groups excluding tert-OH is 1. The molecule has 17 heavy (non-hydrogen) atoms. The molecular formula is C12H18N4O. The molecule has 0 unspecified atom stereocenters. The number of aliphatic hydroxyl groups is 1. The van der Waals surface area contributed by atoms with Crippen molar-refractivity contribution in [1.29, 1.82) is 0 Å². The number of aromatic nitrogens is 2. The van der Waals surface area contributed by atoms with Crippen LogP contribution in [0.15, 0.2) is 18.2 Å². The molecule has 0 amide bonds. The van der Waals surface area contributed by atoms with Crippen molar-refractivity contribution in [3.8, 4) is 0 Å². The Hall–Kier alpha value is -1.59. The molecule has 1 aromatic heterocycles. The van der Waals surface area contributed by atoms with Crippen LogP contribution in [0.25, 0.3) is 11.0 Å². The maximum atomic E-state index is 8.93. The smallest absolute Gasteiger partial charge is 0.121 e. The summed E-state index contributed by atoms with van der Waals surface area (Å²) in [6, 6.07) is 5.64. The zero-order valence-electron chi connectivity index (χ0n) is 9.98. The van der Waals surface area contributed by atoms with Crippen molar-refractivity contribution in [2.75, 3.05) is 25.4 Å². The van der Waals surface area contributed by atoms with Crippen LogP contribution in [0.1, 0.15) is 12.7 Å². The van der Waals surface area contributed by atoms with E-state index in [1.54, 1.807) is 0 Å². The first kappa shape index (κ1) is 11.9. The maximum absolute atomic E-state index is 8.93. The summed E-state index contributed by atoms with van der Waals surface area (Å²) in [4.78, 5) is 9.86. The Balaban J connectivity index is 2.18. The molecule has 0 aliphatic heterocycles. The molecule has 0 fully saturated rings. The van der Waals surface area contributed by atoms with Crippen LogP contribution in [0.3, 0.4) is 0 Å². The van der Waals surface area contributed by atoms with Crippen molar-refractivity contribution >= 4 is 16.7 Å². The monoisotopic (exact) mass is 234 g/mol. The summed E-state index contributed by atoms with van der Waals surface area (Å²) >= 11 is 0. The van der Waals surface area contributed by atoms with Crippen LogP contribution in [-0.2, 0) is 6.54 Å². The first-order chi connectivity index (χ1) is 8.22. The van der Waals surface area contributed by atoms with Gasteiger partial charge in [0.25, 0.3) is 0 Å². The first-order valence-corrected chi connectivity index (χ1v) is 5.80. The number of nitrogen functional groups attached to an aromatic ring is 1. The fourth-order valence-corrected chi connectivity index (χ4v) is 1.86. The van der Waals surface area contributed by atoms with Gasteiger partial charge in [-0.2, -0.15) is 0 Å². The van der Waals surface area contributed by atoms with Gasteiger partial charge in [-0.1, -0.05) is 6.92 Å². The molecule has 0 radical (unpaired) electrons. The van der Waals surface area contributed by atoms with Gasteiger partial charge in [-0.3, -0.25) is 4.90 Å². The SMILES string of the molecule is CCN(CCO)Cc1nc2ccc(N)cc2[nH]1. The minimum absolute atomic E-state index is 0.168. The van der Waals surface area contributed by atoms with E-state index in [1.807, 2.05) is 18.2 Å². The molecule has 2 aromatic rings. The summed E-state index contributed by atoms with van der Waals surface area (Å²) in [6.07, 6.45) is 0. The number of rotatable bonds is 5. The molecule has 0 saturated carbocycles. The second-order valence-corrected chi connectivity index (χ2v) is 4.05. The highest BCUT2D eigenvalue weighted by Crippen LogP contribution is 2.15. The minimum atomic E-state index is 0.168. The second-order valence-electron chi connectivity index (χ2n) is 4.05. The van der Waals surface area contributed by atoms with Gasteiger partial charge >= 0.3 is 0 Å². The molecule has 5 heteroatoms. The number of hydrogen-bond acceptors (Lipinski definition) is 4. The van der Waals surface area contributed by atoms with Gasteiger partial charge in [0, 0.05) is 12.2 Å². The van der Waals surface area contributed by atoms with Crippen molar-refractivity contribution in [2.45, 2.75) is 13.5 Å². The van der Waals surface area contributed by atoms with Gasteiger partial charge in [-0.25, -0.2) is 4.98 Å². The third-order valence-electron chi connectivity index (χ3n) is 2.79. The van der Waals surface area contributed by atoms with E-state index in [9.17, 15) is 0 Å². The molecule has 1 heterocycles. The van der Waals surface area contributed by atoms with E-state index < -0.39 is 0 Å². The molecule has 2 rings (SSSR count). The zero-order chi connectivity index (χ0) is 12.3. The molecule has 0 spiro atoms. The predicted octanol–water partition coefficient (Wildman–Crippen LogP) is 0.959. The lowest BCUT2D eigenvalue weighted by atomic mass is 10.3. The third-order valence-corrected chi connectivity index (χ3v) is 2.79. The number of nitrogens with two attached hydrogens (primary N) is 1. The van der Waals surface area contributed by atoms with Crippen LogP contribution in [0.5, 0.6) is 0 Å². The molecule has 5 nitrogen and oxygen atoms in total. The van der Waals surface area contributed by atoms with E-state index in [0.717, 1.165) is 29.1 Å². The Labute approximate surface area is 100 Å². The number of H-pyrrole nitrogens is 1. The number of nitrogens with zero attached hydrogens (tertiary/aromatic N) is 2. The van der Waals surface area contributed by atoms with Crippen LogP contribution in [0, 0.1) is 0 Å². The summed E-state index contributed by atoms with van der Waals surface area (Å²) in [7, 11) is 0. The number of anilines is 1. The maximum Gasteiger partial charge on any atom is 0.121 e. The Bertz CT molecular complexity index is 494. The lowest BCUT2D eigenvalue weighted by Gasteiger charge is -2.16. The van der Waals surface area contributed by atoms with Gasteiger partial charge in [0.05, 0.1) is 24.2 Å². The lowest BCUT2D eigenvalue weighted by Crippen LogP contribution is -2.26. The van der Waals surface area contributed by atoms with E-state index in [0.29, 0.717) is 13.1 Å². The number of hydrogen-bond donors (Lipinski definition) is 3. The summed E-state index contributed by atoms with van der Waals surface area (Å²) in [6.45, 7) is 4.50. The highest BCUT2D eigenvalue weighted by atomic mass is 16.3. The number of fused-ring (bicyclic) bond motifs is 1. The van der Waals surface area contributed by atoms with Crippen molar-refractivity contribution in [2.24, 2.45) is 0 Å². The largest absolute Gasteiger partial charge is 0.399 e. The molecule has 0 atom stereocenters. The molecular weight excluding hydrogens is 216 g/mol. The first-order valence-electron chi connectivity index (χ1n) is 5.80. The van der Waals surface area contributed by atoms with Crippen LogP contribution < -0.4 is 5.73 Å². The van der Waals surface area contributed by atoms with E-state index in [2.05, 4.69) is 21.8 Å². The van der Waals surface area contributed by atoms with Crippen molar-refractivity contribution in [3.05, 3.63) is 24.0 Å². The highest BCUT2D eigenvalue weighted by molar-refractivity contribution is 5.78. The Morgan fingerprint density at radius 2 is 2.29 bits per heavy atom.